The number of benzene rings is 8. The molecule has 0 fully saturated rings. The average Bonchev–Trinajstić information content (AvgIpc) is 3.83. The van der Waals surface area contributed by atoms with Crippen molar-refractivity contribution in [1.29, 1.82) is 0 Å². The Labute approximate surface area is 306 Å². The Bertz CT molecular complexity index is 2840. The summed E-state index contributed by atoms with van der Waals surface area (Å²) in [6, 6.07) is 67.3. The number of hydrogen-bond donors (Lipinski definition) is 0. The summed E-state index contributed by atoms with van der Waals surface area (Å²) in [7, 11) is 0. The van der Waals surface area contributed by atoms with E-state index in [0.29, 0.717) is 5.89 Å². The van der Waals surface area contributed by atoms with Crippen LogP contribution in [0.3, 0.4) is 0 Å². The summed E-state index contributed by atoms with van der Waals surface area (Å²) in [5.74, 6) is 0.573. The van der Waals surface area contributed by atoms with E-state index in [-0.39, 0.29) is 0 Å². The molecule has 250 valence electrons. The van der Waals surface area contributed by atoms with Crippen molar-refractivity contribution in [3.63, 3.8) is 0 Å². The van der Waals surface area contributed by atoms with E-state index in [9.17, 15) is 0 Å². The van der Waals surface area contributed by atoms with Crippen LogP contribution in [0, 0.1) is 0 Å². The van der Waals surface area contributed by atoms with Gasteiger partial charge in [-0.2, -0.15) is 0 Å². The van der Waals surface area contributed by atoms with Gasteiger partial charge in [-0.05, 0) is 88.5 Å². The van der Waals surface area contributed by atoms with Crippen molar-refractivity contribution in [2.75, 3.05) is 4.90 Å². The maximum Gasteiger partial charge on any atom is 0.227 e. The van der Waals surface area contributed by atoms with Crippen LogP contribution in [0.5, 0.6) is 0 Å². The first kappa shape index (κ1) is 30.6. The van der Waals surface area contributed by atoms with Crippen LogP contribution in [-0.4, -0.2) is 4.98 Å². The Kier molecular flexibility index (Phi) is 7.43. The number of fused-ring (bicyclic) bond motifs is 4. The second kappa shape index (κ2) is 12.9. The Morgan fingerprint density at radius 1 is 0.358 bits per heavy atom. The molecular formula is C49H32N2O2. The molecule has 4 heteroatoms. The molecule has 0 saturated carbocycles. The predicted molar refractivity (Wildman–Crippen MR) is 218 cm³/mol. The summed E-state index contributed by atoms with van der Waals surface area (Å²) >= 11 is 0. The topological polar surface area (TPSA) is 42.4 Å². The third-order valence-corrected chi connectivity index (χ3v) is 9.93. The minimum atomic E-state index is 0.573. The Morgan fingerprint density at radius 2 is 0.830 bits per heavy atom. The van der Waals surface area contributed by atoms with E-state index in [4.69, 9.17) is 13.8 Å². The number of anilines is 3. The van der Waals surface area contributed by atoms with Crippen LogP contribution in [0.2, 0.25) is 0 Å². The highest BCUT2D eigenvalue weighted by Crippen LogP contribution is 2.43. The van der Waals surface area contributed by atoms with E-state index in [1.165, 1.54) is 16.7 Å². The molecule has 0 unspecified atom stereocenters. The van der Waals surface area contributed by atoms with Gasteiger partial charge in [0.1, 0.15) is 16.7 Å². The molecule has 0 bridgehead atoms. The predicted octanol–water partition coefficient (Wildman–Crippen LogP) is 13.9. The summed E-state index contributed by atoms with van der Waals surface area (Å²) < 4.78 is 13.1. The minimum absolute atomic E-state index is 0.573. The van der Waals surface area contributed by atoms with Gasteiger partial charge < -0.3 is 13.7 Å². The lowest BCUT2D eigenvalue weighted by molar-refractivity contribution is 0.620. The third kappa shape index (κ3) is 5.54. The normalized spacial score (nSPS) is 11.4. The number of nitrogens with zero attached hydrogens (tertiary/aromatic N) is 2. The van der Waals surface area contributed by atoms with Crippen molar-refractivity contribution in [1.82, 2.24) is 4.98 Å². The summed E-state index contributed by atoms with van der Waals surface area (Å²) in [5.41, 5.74) is 13.8. The molecule has 0 aliphatic heterocycles. The molecule has 2 heterocycles. The van der Waals surface area contributed by atoms with Crippen molar-refractivity contribution < 1.29 is 8.83 Å². The first-order valence-electron chi connectivity index (χ1n) is 17.8. The van der Waals surface area contributed by atoms with Crippen molar-refractivity contribution in [2.24, 2.45) is 0 Å². The van der Waals surface area contributed by atoms with Gasteiger partial charge in [-0.3, -0.25) is 0 Å². The molecule has 8 aromatic carbocycles. The first-order valence-corrected chi connectivity index (χ1v) is 17.8. The molecule has 53 heavy (non-hydrogen) atoms. The second-order valence-corrected chi connectivity index (χ2v) is 13.2. The molecule has 0 amide bonds. The molecule has 0 aliphatic carbocycles. The lowest BCUT2D eigenvalue weighted by atomic mass is 10.00. The highest BCUT2D eigenvalue weighted by atomic mass is 16.4. The summed E-state index contributed by atoms with van der Waals surface area (Å²) in [5, 5.41) is 2.04. The van der Waals surface area contributed by atoms with E-state index < -0.39 is 0 Å². The zero-order valence-electron chi connectivity index (χ0n) is 28.7. The van der Waals surface area contributed by atoms with Crippen molar-refractivity contribution in [3.05, 3.63) is 194 Å². The maximum atomic E-state index is 6.60. The highest BCUT2D eigenvalue weighted by Gasteiger charge is 2.22. The number of furan rings is 1. The van der Waals surface area contributed by atoms with Crippen LogP contribution in [0.15, 0.2) is 203 Å². The second-order valence-electron chi connectivity index (χ2n) is 13.2. The van der Waals surface area contributed by atoms with Gasteiger partial charge >= 0.3 is 0 Å². The van der Waals surface area contributed by atoms with Crippen LogP contribution >= 0.6 is 0 Å². The maximum absolute atomic E-state index is 6.60. The number of para-hydroxylation sites is 2. The molecule has 10 aromatic rings. The van der Waals surface area contributed by atoms with Crippen LogP contribution in [0.4, 0.5) is 17.1 Å². The van der Waals surface area contributed by atoms with Crippen LogP contribution in [-0.2, 0) is 0 Å². The van der Waals surface area contributed by atoms with E-state index >= 15 is 0 Å². The molecule has 0 aliphatic rings. The quantitative estimate of drug-likeness (QED) is 0.168. The standard InChI is InChI=1S/C49H32N2O2/c1-4-12-33(13-5-1)35-20-22-38(23-21-35)49-50-47-45(53-49)32-43-42-18-10-11-19-44(42)52-48(43)46(47)37-26-30-41(31-27-37)51(39-16-8-3-9-17-39)40-28-24-36(25-29-40)34-14-6-2-7-15-34/h1-32H. The summed E-state index contributed by atoms with van der Waals surface area (Å²) in [4.78, 5) is 7.41. The van der Waals surface area contributed by atoms with E-state index in [2.05, 4.69) is 163 Å². The molecule has 0 N–H and O–H groups in total. The Morgan fingerprint density at radius 3 is 1.45 bits per heavy atom. The van der Waals surface area contributed by atoms with Gasteiger partial charge in [-0.15, -0.1) is 0 Å². The molecule has 0 atom stereocenters. The average molecular weight is 681 g/mol. The number of oxazole rings is 1. The Balaban J connectivity index is 1.08. The highest BCUT2D eigenvalue weighted by molar-refractivity contribution is 6.16. The number of aromatic nitrogens is 1. The van der Waals surface area contributed by atoms with E-state index in [1.54, 1.807) is 0 Å². The fourth-order valence-corrected chi connectivity index (χ4v) is 7.30. The molecule has 10 rings (SSSR count). The smallest absolute Gasteiger partial charge is 0.227 e. The Hall–Kier alpha value is -7.17. The third-order valence-electron chi connectivity index (χ3n) is 9.93. The lowest BCUT2D eigenvalue weighted by Gasteiger charge is -2.26. The number of hydrogen-bond acceptors (Lipinski definition) is 4. The van der Waals surface area contributed by atoms with Crippen molar-refractivity contribution in [3.8, 4) is 44.8 Å². The van der Waals surface area contributed by atoms with Gasteiger partial charge in [0.25, 0.3) is 0 Å². The van der Waals surface area contributed by atoms with Gasteiger partial charge in [0.05, 0.1) is 5.56 Å². The summed E-state index contributed by atoms with van der Waals surface area (Å²) in [6.07, 6.45) is 0. The molecule has 0 saturated heterocycles. The fourth-order valence-electron chi connectivity index (χ4n) is 7.30. The molecular weight excluding hydrogens is 649 g/mol. The zero-order valence-corrected chi connectivity index (χ0v) is 28.7. The molecule has 4 nitrogen and oxygen atoms in total. The van der Waals surface area contributed by atoms with Gasteiger partial charge in [-0.25, -0.2) is 4.98 Å². The number of rotatable bonds is 7. The van der Waals surface area contributed by atoms with E-state index in [1.807, 2.05) is 36.4 Å². The first-order chi connectivity index (χ1) is 26.3. The van der Waals surface area contributed by atoms with Crippen molar-refractivity contribution >= 4 is 50.1 Å². The molecule has 0 radical (unpaired) electrons. The molecule has 0 spiro atoms. The van der Waals surface area contributed by atoms with Gasteiger partial charge in [0, 0.05) is 33.4 Å². The van der Waals surface area contributed by atoms with Crippen LogP contribution in [0.25, 0.3) is 77.9 Å². The van der Waals surface area contributed by atoms with Gasteiger partial charge in [0.2, 0.25) is 5.89 Å². The zero-order chi connectivity index (χ0) is 35.1. The van der Waals surface area contributed by atoms with Gasteiger partial charge in [0.15, 0.2) is 5.58 Å². The monoisotopic (exact) mass is 680 g/mol. The van der Waals surface area contributed by atoms with Crippen molar-refractivity contribution in [2.45, 2.75) is 0 Å². The lowest BCUT2D eigenvalue weighted by Crippen LogP contribution is -2.09. The minimum Gasteiger partial charge on any atom is -0.455 e. The van der Waals surface area contributed by atoms with Crippen LogP contribution < -0.4 is 4.90 Å². The van der Waals surface area contributed by atoms with Gasteiger partial charge in [-0.1, -0.05) is 133 Å². The summed E-state index contributed by atoms with van der Waals surface area (Å²) in [6.45, 7) is 0. The fraction of sp³-hybridized carbons (Fsp3) is 0. The molecule has 2 aromatic heterocycles. The largest absolute Gasteiger partial charge is 0.455 e. The van der Waals surface area contributed by atoms with Crippen LogP contribution in [0.1, 0.15) is 0 Å². The van der Waals surface area contributed by atoms with E-state index in [0.717, 1.165) is 72.4 Å². The SMILES string of the molecule is c1ccc(-c2ccc(-c3nc4c(-c5ccc(N(c6ccccc6)c6ccc(-c7ccccc7)cc6)cc5)c5oc6ccccc6c5cc4o3)cc2)cc1.